The summed E-state index contributed by atoms with van der Waals surface area (Å²) < 4.78 is 11.5. The van der Waals surface area contributed by atoms with Crippen molar-refractivity contribution >= 4 is 11.5 Å². The summed E-state index contributed by atoms with van der Waals surface area (Å²) in [5.74, 6) is 2.02. The maximum atomic E-state index is 5.83. The van der Waals surface area contributed by atoms with Crippen LogP contribution in [-0.4, -0.2) is 17.6 Å². The van der Waals surface area contributed by atoms with Crippen molar-refractivity contribution in [1.82, 2.24) is 4.98 Å². The average molecular weight is 331 g/mol. The van der Waals surface area contributed by atoms with E-state index in [2.05, 4.69) is 9.98 Å². The third kappa shape index (κ3) is 3.04. The zero-order chi connectivity index (χ0) is 17.2. The molecule has 1 aliphatic heterocycles. The molecule has 0 saturated carbocycles. The number of ether oxygens (including phenoxy) is 2. The molecule has 2 bridgehead atoms. The molecule has 3 aromatic rings. The van der Waals surface area contributed by atoms with Crippen molar-refractivity contribution in [2.75, 3.05) is 6.79 Å². The number of pyridine rings is 1. The predicted octanol–water partition coefficient (Wildman–Crippen LogP) is 4.15. The lowest BCUT2D eigenvalue weighted by Crippen LogP contribution is -2.09. The Kier molecular flexibility index (Phi) is 3.82. The van der Waals surface area contributed by atoms with Crippen molar-refractivity contribution in [2.45, 2.75) is 6.92 Å². The lowest BCUT2D eigenvalue weighted by atomic mass is 10.0. The number of aliphatic imine (C=N–C) groups is 1. The molecule has 5 heteroatoms. The molecular weight excluding hydrogens is 314 g/mol. The highest BCUT2D eigenvalue weighted by Crippen LogP contribution is 2.38. The van der Waals surface area contributed by atoms with Crippen molar-refractivity contribution in [3.05, 3.63) is 60.8 Å². The zero-order valence-electron chi connectivity index (χ0n) is 13.8. The van der Waals surface area contributed by atoms with E-state index in [-0.39, 0.29) is 6.79 Å². The number of aromatic nitrogens is 1. The Bertz CT molecular complexity index is 945. The Morgan fingerprint density at radius 3 is 2.56 bits per heavy atom. The second kappa shape index (κ2) is 6.28. The molecule has 0 atom stereocenters. The van der Waals surface area contributed by atoms with Gasteiger partial charge in [-0.25, -0.2) is 4.99 Å². The van der Waals surface area contributed by atoms with Crippen LogP contribution in [0.1, 0.15) is 6.92 Å². The first-order valence-corrected chi connectivity index (χ1v) is 7.97. The van der Waals surface area contributed by atoms with Crippen LogP contribution in [0.4, 0.5) is 5.69 Å². The van der Waals surface area contributed by atoms with Gasteiger partial charge in [0.05, 0.1) is 11.5 Å². The van der Waals surface area contributed by atoms with E-state index in [9.17, 15) is 0 Å². The highest BCUT2D eigenvalue weighted by atomic mass is 16.7. The van der Waals surface area contributed by atoms with Crippen LogP contribution >= 0.6 is 0 Å². The molecule has 0 amide bonds. The molecule has 1 aliphatic rings. The monoisotopic (exact) mass is 331 g/mol. The fourth-order valence-electron chi connectivity index (χ4n) is 2.83. The van der Waals surface area contributed by atoms with E-state index in [0.29, 0.717) is 5.84 Å². The Balaban J connectivity index is 1.75. The highest BCUT2D eigenvalue weighted by Gasteiger charge is 2.16. The lowest BCUT2D eigenvalue weighted by Gasteiger charge is -2.18. The number of nitrogens with two attached hydrogens (primary N) is 1. The predicted molar refractivity (Wildman–Crippen MR) is 98.2 cm³/mol. The summed E-state index contributed by atoms with van der Waals surface area (Å²) in [5.41, 5.74) is 10.3. The third-order valence-electron chi connectivity index (χ3n) is 3.94. The van der Waals surface area contributed by atoms with Crippen LogP contribution in [0.25, 0.3) is 22.4 Å². The van der Waals surface area contributed by atoms with Gasteiger partial charge in [-0.1, -0.05) is 18.2 Å². The number of hydrogen-bond donors (Lipinski definition) is 1. The highest BCUT2D eigenvalue weighted by molar-refractivity contribution is 5.81. The molecule has 0 aliphatic carbocycles. The lowest BCUT2D eigenvalue weighted by molar-refractivity contribution is 0.119. The van der Waals surface area contributed by atoms with E-state index in [0.717, 1.165) is 39.6 Å². The third-order valence-corrected chi connectivity index (χ3v) is 3.94. The van der Waals surface area contributed by atoms with Crippen LogP contribution < -0.4 is 15.2 Å². The quantitative estimate of drug-likeness (QED) is 0.565. The molecule has 5 nitrogen and oxygen atoms in total. The van der Waals surface area contributed by atoms with Crippen molar-refractivity contribution in [2.24, 2.45) is 10.7 Å². The number of amidine groups is 1. The van der Waals surface area contributed by atoms with E-state index in [4.69, 9.17) is 15.2 Å². The summed E-state index contributed by atoms with van der Waals surface area (Å²) in [7, 11) is 0. The molecule has 0 saturated heterocycles. The minimum absolute atomic E-state index is 0.143. The van der Waals surface area contributed by atoms with E-state index >= 15 is 0 Å². The van der Waals surface area contributed by atoms with E-state index in [1.165, 1.54) is 0 Å². The number of fused-ring (bicyclic) bond motifs is 4. The molecule has 0 unspecified atom stereocenters. The number of benzene rings is 2. The average Bonchev–Trinajstić information content (AvgIpc) is 2.61. The number of rotatable bonds is 2. The number of nitrogens with zero attached hydrogens (tertiary/aromatic N) is 2. The first-order chi connectivity index (χ1) is 12.2. The molecular formula is C20H17N3O2. The standard InChI is InChI=1S/C20H17N3O2/c1-13(21)23-16-7-4-14(5-8-16)17-9-6-15-11-19(17)25-12-24-18-3-2-10-22-20(15)18/h2-11H,12H2,1H3,(H2,21,23). The minimum Gasteiger partial charge on any atom is -0.457 e. The van der Waals surface area contributed by atoms with Gasteiger partial charge in [0, 0.05) is 17.3 Å². The van der Waals surface area contributed by atoms with Crippen molar-refractivity contribution in [3.8, 4) is 33.9 Å². The fourth-order valence-corrected chi connectivity index (χ4v) is 2.83. The van der Waals surface area contributed by atoms with Gasteiger partial charge in [-0.3, -0.25) is 4.98 Å². The van der Waals surface area contributed by atoms with Gasteiger partial charge in [-0.15, -0.1) is 0 Å². The SMILES string of the molecule is CC(N)=Nc1ccc(-c2ccc3cc2OCOc2cccnc2-3)cc1. The Labute approximate surface area is 145 Å². The summed E-state index contributed by atoms with van der Waals surface area (Å²) in [6, 6.07) is 17.7. The summed E-state index contributed by atoms with van der Waals surface area (Å²) >= 11 is 0. The Morgan fingerprint density at radius 2 is 1.76 bits per heavy atom. The van der Waals surface area contributed by atoms with Gasteiger partial charge in [0.25, 0.3) is 0 Å². The van der Waals surface area contributed by atoms with Gasteiger partial charge in [0.1, 0.15) is 17.2 Å². The molecule has 0 fully saturated rings. The zero-order valence-corrected chi connectivity index (χ0v) is 13.8. The second-order valence-electron chi connectivity index (χ2n) is 5.77. The van der Waals surface area contributed by atoms with Crippen LogP contribution in [0.2, 0.25) is 0 Å². The topological polar surface area (TPSA) is 69.7 Å². The Hall–Kier alpha value is -3.34. The van der Waals surface area contributed by atoms with Crippen LogP contribution in [0.5, 0.6) is 11.5 Å². The molecule has 0 radical (unpaired) electrons. The molecule has 25 heavy (non-hydrogen) atoms. The summed E-state index contributed by atoms with van der Waals surface area (Å²) in [4.78, 5) is 8.68. The second-order valence-corrected chi connectivity index (χ2v) is 5.77. The molecule has 2 N–H and O–H groups in total. The first kappa shape index (κ1) is 15.2. The van der Waals surface area contributed by atoms with Gasteiger partial charge in [-0.05, 0) is 48.9 Å². The van der Waals surface area contributed by atoms with Crippen molar-refractivity contribution in [3.63, 3.8) is 0 Å². The maximum Gasteiger partial charge on any atom is 0.231 e. The van der Waals surface area contributed by atoms with Gasteiger partial charge < -0.3 is 15.2 Å². The van der Waals surface area contributed by atoms with Crippen molar-refractivity contribution < 1.29 is 9.47 Å². The van der Waals surface area contributed by atoms with Crippen LogP contribution in [0.15, 0.2) is 65.8 Å². The Morgan fingerprint density at radius 1 is 1.00 bits per heavy atom. The van der Waals surface area contributed by atoms with E-state index < -0.39 is 0 Å². The minimum atomic E-state index is 0.143. The van der Waals surface area contributed by atoms with Crippen molar-refractivity contribution in [1.29, 1.82) is 0 Å². The molecule has 124 valence electrons. The van der Waals surface area contributed by atoms with Crippen LogP contribution in [0, 0.1) is 0 Å². The van der Waals surface area contributed by atoms with Crippen LogP contribution in [0.3, 0.4) is 0 Å². The van der Waals surface area contributed by atoms with Gasteiger partial charge >= 0.3 is 0 Å². The molecule has 4 rings (SSSR count). The molecule has 1 aromatic heterocycles. The van der Waals surface area contributed by atoms with Gasteiger partial charge in [0.15, 0.2) is 0 Å². The normalized spacial score (nSPS) is 13.1. The summed E-state index contributed by atoms with van der Waals surface area (Å²) in [6.45, 7) is 1.91. The molecule has 2 heterocycles. The fraction of sp³-hybridized carbons (Fsp3) is 0.100. The van der Waals surface area contributed by atoms with E-state index in [1.54, 1.807) is 13.1 Å². The molecule has 0 spiro atoms. The number of hydrogen-bond acceptors (Lipinski definition) is 4. The maximum absolute atomic E-state index is 5.83. The van der Waals surface area contributed by atoms with Gasteiger partial charge in [0.2, 0.25) is 6.79 Å². The largest absolute Gasteiger partial charge is 0.457 e. The molecule has 2 aromatic carbocycles. The summed E-state index contributed by atoms with van der Waals surface area (Å²) in [6.07, 6.45) is 1.76. The van der Waals surface area contributed by atoms with Crippen LogP contribution in [-0.2, 0) is 0 Å². The summed E-state index contributed by atoms with van der Waals surface area (Å²) in [5, 5.41) is 0. The smallest absolute Gasteiger partial charge is 0.231 e. The van der Waals surface area contributed by atoms with Gasteiger partial charge in [-0.2, -0.15) is 0 Å². The first-order valence-electron chi connectivity index (χ1n) is 7.97. The van der Waals surface area contributed by atoms with E-state index in [1.807, 2.05) is 54.6 Å².